The highest BCUT2D eigenvalue weighted by molar-refractivity contribution is 9.10. The van der Waals surface area contributed by atoms with Crippen molar-refractivity contribution in [1.82, 2.24) is 4.57 Å². The molecule has 0 aliphatic carbocycles. The average molecular weight is 645 g/mol. The minimum absolute atomic E-state index is 0.186. The highest BCUT2D eigenvalue weighted by Crippen LogP contribution is 2.32. The number of carbonyl (C=O) groups is 1. The summed E-state index contributed by atoms with van der Waals surface area (Å²) in [6, 6.07) is 21.5. The lowest BCUT2D eigenvalue weighted by Gasteiger charge is -2.25. The van der Waals surface area contributed by atoms with E-state index < -0.39 is 12.0 Å². The largest absolute Gasteiger partial charge is 0.497 e. The van der Waals surface area contributed by atoms with Crippen LogP contribution in [0.4, 0.5) is 0 Å². The number of ether oxygens (including phenoxy) is 3. The van der Waals surface area contributed by atoms with Gasteiger partial charge in [-0.15, -0.1) is 0 Å². The van der Waals surface area contributed by atoms with Crippen molar-refractivity contribution in [2.45, 2.75) is 26.5 Å². The molecule has 212 valence electrons. The molecule has 1 aliphatic rings. The Morgan fingerprint density at radius 2 is 1.98 bits per heavy atom. The van der Waals surface area contributed by atoms with E-state index in [0.717, 1.165) is 10.0 Å². The van der Waals surface area contributed by atoms with Gasteiger partial charge < -0.3 is 14.2 Å². The Labute approximate surface area is 254 Å². The molecule has 3 aromatic carbocycles. The predicted octanol–water partition coefficient (Wildman–Crippen LogP) is 5.02. The third-order valence-corrected chi connectivity index (χ3v) is 8.18. The highest BCUT2D eigenvalue weighted by atomic mass is 79.9. The highest BCUT2D eigenvalue weighted by Gasteiger charge is 2.33. The molecule has 5 rings (SSSR count). The fourth-order valence-corrected chi connectivity index (χ4v) is 6.15. The Balaban J connectivity index is 1.63. The molecule has 1 aromatic heterocycles. The fraction of sp³-hybridized carbons (Fsp3) is 0.188. The van der Waals surface area contributed by atoms with Crippen LogP contribution in [-0.4, -0.2) is 24.3 Å². The summed E-state index contributed by atoms with van der Waals surface area (Å²) in [5.74, 6) is 0.618. The van der Waals surface area contributed by atoms with Crippen molar-refractivity contribution >= 4 is 39.3 Å². The summed E-state index contributed by atoms with van der Waals surface area (Å²) in [6.07, 6.45) is 1.76. The Bertz CT molecular complexity index is 1940. The Morgan fingerprint density at radius 1 is 1.17 bits per heavy atom. The summed E-state index contributed by atoms with van der Waals surface area (Å²) in [5.41, 5.74) is 3.14. The van der Waals surface area contributed by atoms with Crippen molar-refractivity contribution in [1.29, 1.82) is 5.26 Å². The molecule has 0 spiro atoms. The fourth-order valence-electron chi connectivity index (χ4n) is 4.73. The molecule has 10 heteroatoms. The van der Waals surface area contributed by atoms with Crippen LogP contribution in [-0.2, 0) is 16.1 Å². The van der Waals surface area contributed by atoms with Gasteiger partial charge in [-0.05, 0) is 61.9 Å². The number of benzene rings is 3. The lowest BCUT2D eigenvalue weighted by atomic mass is 9.95. The molecule has 8 nitrogen and oxygen atoms in total. The zero-order valence-electron chi connectivity index (χ0n) is 23.1. The maximum Gasteiger partial charge on any atom is 0.338 e. The smallest absolute Gasteiger partial charge is 0.338 e. The van der Waals surface area contributed by atoms with Crippen LogP contribution in [0.15, 0.2) is 92.3 Å². The number of rotatable bonds is 8. The summed E-state index contributed by atoms with van der Waals surface area (Å²) < 4.78 is 19.7. The van der Waals surface area contributed by atoms with Crippen LogP contribution in [0, 0.1) is 11.3 Å². The zero-order valence-corrected chi connectivity index (χ0v) is 25.5. The average Bonchev–Trinajstić information content (AvgIpc) is 3.30. The van der Waals surface area contributed by atoms with Gasteiger partial charge in [-0.2, -0.15) is 5.26 Å². The van der Waals surface area contributed by atoms with E-state index in [2.05, 4.69) is 27.0 Å². The Hall–Kier alpha value is -4.46. The van der Waals surface area contributed by atoms with E-state index in [-0.39, 0.29) is 18.8 Å². The van der Waals surface area contributed by atoms with Gasteiger partial charge in [-0.3, -0.25) is 9.36 Å². The second-order valence-electron chi connectivity index (χ2n) is 9.32. The number of carbonyl (C=O) groups excluding carboxylic acids is 1. The first kappa shape index (κ1) is 29.0. The van der Waals surface area contributed by atoms with E-state index in [0.29, 0.717) is 48.8 Å². The van der Waals surface area contributed by atoms with Crippen molar-refractivity contribution in [3.05, 3.63) is 124 Å². The summed E-state index contributed by atoms with van der Waals surface area (Å²) in [7, 11) is 1.56. The van der Waals surface area contributed by atoms with Crippen molar-refractivity contribution in [2.24, 2.45) is 4.99 Å². The number of nitrogens with zero attached hydrogens (tertiary/aromatic N) is 3. The summed E-state index contributed by atoms with van der Waals surface area (Å²) in [5, 5.41) is 9.44. The molecule has 2 heterocycles. The van der Waals surface area contributed by atoms with E-state index in [1.54, 1.807) is 51.3 Å². The van der Waals surface area contributed by atoms with Crippen LogP contribution >= 0.6 is 27.3 Å². The standard InChI is InChI=1S/C32H26BrN3O5S/c1-4-40-31(38)28-19(2)35-32-36(29(28)20-10-7-11-25(15-20)39-3)30(37)27(42-32)16-23-14-24(33)12-13-26(23)41-18-22-9-6-5-8-21(22)17-34/h5-16,29H,4,18H2,1-3H3/b27-16-/t29-/m1/s1. The van der Waals surface area contributed by atoms with Gasteiger partial charge in [0.15, 0.2) is 4.80 Å². The van der Waals surface area contributed by atoms with Gasteiger partial charge in [0.2, 0.25) is 0 Å². The second-order valence-corrected chi connectivity index (χ2v) is 11.2. The van der Waals surface area contributed by atoms with E-state index in [4.69, 9.17) is 14.2 Å². The van der Waals surface area contributed by atoms with Gasteiger partial charge in [0, 0.05) is 15.6 Å². The van der Waals surface area contributed by atoms with Crippen LogP contribution in [0.2, 0.25) is 0 Å². The van der Waals surface area contributed by atoms with Crippen LogP contribution in [0.25, 0.3) is 6.08 Å². The summed E-state index contributed by atoms with van der Waals surface area (Å²) in [4.78, 5) is 32.3. The van der Waals surface area contributed by atoms with Gasteiger partial charge >= 0.3 is 5.97 Å². The molecule has 0 amide bonds. The normalized spacial score (nSPS) is 14.5. The van der Waals surface area contributed by atoms with Crippen LogP contribution in [0.3, 0.4) is 0 Å². The van der Waals surface area contributed by atoms with E-state index in [1.165, 1.54) is 15.9 Å². The third-order valence-electron chi connectivity index (χ3n) is 6.71. The number of allylic oxidation sites excluding steroid dienone is 1. The topological polar surface area (TPSA) is 103 Å². The van der Waals surface area contributed by atoms with Gasteiger partial charge in [-0.1, -0.05) is 57.6 Å². The van der Waals surface area contributed by atoms with Gasteiger partial charge in [0.05, 0.1) is 47.2 Å². The zero-order chi connectivity index (χ0) is 29.8. The van der Waals surface area contributed by atoms with Gasteiger partial charge in [0.25, 0.3) is 5.56 Å². The predicted molar refractivity (Wildman–Crippen MR) is 163 cm³/mol. The van der Waals surface area contributed by atoms with Crippen LogP contribution < -0.4 is 24.4 Å². The second kappa shape index (κ2) is 12.6. The molecule has 1 atom stereocenters. The Morgan fingerprint density at radius 3 is 2.74 bits per heavy atom. The SMILES string of the molecule is CCOC(=O)C1=C(C)N=c2s/c(=C\c3cc(Br)ccc3OCc3ccccc3C#N)c(=O)n2[C@@H]1c1cccc(OC)c1. The maximum atomic E-state index is 14.0. The lowest BCUT2D eigenvalue weighted by molar-refractivity contribution is -0.139. The number of hydrogen-bond donors (Lipinski definition) is 0. The molecule has 0 fully saturated rings. The quantitative estimate of drug-likeness (QED) is 0.250. The number of aromatic nitrogens is 1. The number of esters is 1. The summed E-state index contributed by atoms with van der Waals surface area (Å²) in [6.45, 7) is 3.86. The van der Waals surface area contributed by atoms with Crippen molar-refractivity contribution in [2.75, 3.05) is 13.7 Å². The first-order valence-electron chi connectivity index (χ1n) is 13.1. The molecular weight excluding hydrogens is 618 g/mol. The first-order chi connectivity index (χ1) is 20.3. The number of methoxy groups -OCH3 is 1. The van der Waals surface area contributed by atoms with Crippen LogP contribution in [0.5, 0.6) is 11.5 Å². The minimum atomic E-state index is -0.752. The van der Waals surface area contributed by atoms with E-state index in [1.807, 2.05) is 42.5 Å². The molecule has 0 N–H and O–H groups in total. The number of hydrogen-bond acceptors (Lipinski definition) is 8. The van der Waals surface area contributed by atoms with E-state index in [9.17, 15) is 14.9 Å². The molecule has 0 saturated carbocycles. The molecule has 0 bridgehead atoms. The monoisotopic (exact) mass is 643 g/mol. The number of nitriles is 1. The molecule has 0 radical (unpaired) electrons. The van der Waals surface area contributed by atoms with Crippen molar-refractivity contribution in [3.8, 4) is 17.6 Å². The van der Waals surface area contributed by atoms with Gasteiger partial charge in [-0.25, -0.2) is 9.79 Å². The van der Waals surface area contributed by atoms with Crippen molar-refractivity contribution < 1.29 is 19.0 Å². The van der Waals surface area contributed by atoms with E-state index >= 15 is 0 Å². The summed E-state index contributed by atoms with van der Waals surface area (Å²) >= 11 is 4.75. The van der Waals surface area contributed by atoms with Crippen molar-refractivity contribution in [3.63, 3.8) is 0 Å². The Kier molecular flexibility index (Phi) is 8.71. The number of thiazole rings is 1. The molecular formula is C32H26BrN3O5S. The first-order valence-corrected chi connectivity index (χ1v) is 14.7. The molecule has 1 aliphatic heterocycles. The molecule has 42 heavy (non-hydrogen) atoms. The maximum absolute atomic E-state index is 14.0. The van der Waals surface area contributed by atoms with Crippen LogP contribution in [0.1, 0.15) is 42.1 Å². The van der Waals surface area contributed by atoms with Gasteiger partial charge in [0.1, 0.15) is 18.1 Å². The molecule has 0 saturated heterocycles. The molecule has 4 aromatic rings. The number of fused-ring (bicyclic) bond motifs is 1. The molecule has 0 unspecified atom stereocenters. The lowest BCUT2D eigenvalue weighted by Crippen LogP contribution is -2.39. The third kappa shape index (κ3) is 5.79. The number of halogens is 1. The minimum Gasteiger partial charge on any atom is -0.497 e.